The third-order valence-electron chi connectivity index (χ3n) is 7.04. The Balaban J connectivity index is 1.38. The standard InChI is InChI=1S/C28H39N5O2/c1-31(2)20-23-13-6-9-17-32(23)16-7-3-8-18-33-24-14-4-5-15-25(24)35-26(28(33)34)21-11-10-12-22(19-21)27(29)30/h4-5,10-12,14-15,19,23,26H,3,6-9,13,16-18,20H2,1-2H3,(H3,29,30). The number of nitrogens with one attached hydrogen (secondary N) is 1. The number of fused-ring (bicyclic) bond motifs is 1. The maximum atomic E-state index is 13.5. The van der Waals surface area contributed by atoms with Crippen LogP contribution < -0.4 is 15.4 Å². The van der Waals surface area contributed by atoms with Gasteiger partial charge in [-0.2, -0.15) is 0 Å². The summed E-state index contributed by atoms with van der Waals surface area (Å²) in [5.74, 6) is 0.630. The summed E-state index contributed by atoms with van der Waals surface area (Å²) in [7, 11) is 4.32. The van der Waals surface area contributed by atoms with E-state index in [4.69, 9.17) is 15.9 Å². The first-order valence-electron chi connectivity index (χ1n) is 12.8. The Morgan fingerprint density at radius 1 is 1.09 bits per heavy atom. The fourth-order valence-electron chi connectivity index (χ4n) is 5.27. The summed E-state index contributed by atoms with van der Waals surface area (Å²) in [6.07, 6.45) is 6.38. The average Bonchev–Trinajstić information content (AvgIpc) is 2.85. The number of carbonyl (C=O) groups excluding carboxylic acids is 1. The number of likely N-dealkylation sites (tertiary alicyclic amines) is 1. The highest BCUT2D eigenvalue weighted by Gasteiger charge is 2.35. The molecule has 2 aliphatic rings. The summed E-state index contributed by atoms with van der Waals surface area (Å²) in [6, 6.07) is 15.6. The number of unbranched alkanes of at least 4 members (excludes halogenated alkanes) is 2. The van der Waals surface area contributed by atoms with Gasteiger partial charge in [0, 0.05) is 30.3 Å². The van der Waals surface area contributed by atoms with Crippen LogP contribution in [0.1, 0.15) is 55.8 Å². The Labute approximate surface area is 209 Å². The van der Waals surface area contributed by atoms with Crippen LogP contribution in [-0.2, 0) is 4.79 Å². The second-order valence-corrected chi connectivity index (χ2v) is 10.0. The zero-order valence-electron chi connectivity index (χ0n) is 21.1. The molecule has 1 fully saturated rings. The van der Waals surface area contributed by atoms with E-state index in [0.717, 1.165) is 43.6 Å². The zero-order chi connectivity index (χ0) is 24.8. The highest BCUT2D eigenvalue weighted by atomic mass is 16.5. The molecule has 0 spiro atoms. The van der Waals surface area contributed by atoms with Crippen molar-refractivity contribution in [2.24, 2.45) is 5.73 Å². The SMILES string of the molecule is CN(C)CC1CCCCN1CCCCCN1C(=O)C(c2cccc(C(=N)N)c2)Oc2ccccc21. The maximum Gasteiger partial charge on any atom is 0.272 e. The Hall–Kier alpha value is -2.90. The predicted molar refractivity (Wildman–Crippen MR) is 141 cm³/mol. The fourth-order valence-corrected chi connectivity index (χ4v) is 5.27. The van der Waals surface area contributed by atoms with Crippen LogP contribution in [0.5, 0.6) is 5.75 Å². The second-order valence-electron chi connectivity index (χ2n) is 10.0. The molecule has 1 amide bonds. The number of hydrogen-bond donors (Lipinski definition) is 2. The number of rotatable bonds is 10. The lowest BCUT2D eigenvalue weighted by atomic mass is 10.0. The lowest BCUT2D eigenvalue weighted by Crippen LogP contribution is -2.45. The van der Waals surface area contributed by atoms with Gasteiger partial charge in [-0.15, -0.1) is 0 Å². The number of nitrogen functional groups attached to an aromatic ring is 1. The third kappa shape index (κ3) is 6.21. The molecule has 2 atom stereocenters. The number of likely N-dealkylation sites (N-methyl/N-ethyl adjacent to an activating group) is 1. The number of para-hydroxylation sites is 2. The van der Waals surface area contributed by atoms with E-state index in [1.807, 2.05) is 41.3 Å². The molecule has 0 aromatic heterocycles. The number of hydrogen-bond acceptors (Lipinski definition) is 5. The molecular formula is C28H39N5O2. The van der Waals surface area contributed by atoms with Crippen molar-refractivity contribution in [3.8, 4) is 5.75 Å². The number of anilines is 1. The molecule has 2 aromatic carbocycles. The zero-order valence-corrected chi connectivity index (χ0v) is 21.1. The van der Waals surface area contributed by atoms with Crippen molar-refractivity contribution in [1.29, 1.82) is 5.41 Å². The number of ether oxygens (including phenoxy) is 1. The molecule has 0 bridgehead atoms. The second kappa shape index (κ2) is 11.7. The van der Waals surface area contributed by atoms with E-state index in [1.165, 1.54) is 25.8 Å². The minimum atomic E-state index is -0.732. The van der Waals surface area contributed by atoms with Gasteiger partial charge in [-0.3, -0.25) is 15.1 Å². The van der Waals surface area contributed by atoms with Gasteiger partial charge < -0.3 is 20.3 Å². The van der Waals surface area contributed by atoms with E-state index < -0.39 is 6.10 Å². The number of piperidine rings is 1. The van der Waals surface area contributed by atoms with E-state index in [1.54, 1.807) is 12.1 Å². The lowest BCUT2D eigenvalue weighted by molar-refractivity contribution is -0.126. The van der Waals surface area contributed by atoms with Crippen molar-refractivity contribution in [3.05, 3.63) is 59.7 Å². The molecule has 0 aliphatic carbocycles. The molecule has 2 aliphatic heterocycles. The van der Waals surface area contributed by atoms with E-state index in [0.29, 0.717) is 23.9 Å². The number of carbonyl (C=O) groups is 1. The smallest absolute Gasteiger partial charge is 0.272 e. The van der Waals surface area contributed by atoms with Gasteiger partial charge >= 0.3 is 0 Å². The van der Waals surface area contributed by atoms with Gasteiger partial charge in [-0.05, 0) is 71.1 Å². The van der Waals surface area contributed by atoms with Crippen molar-refractivity contribution in [2.75, 3.05) is 45.2 Å². The number of amidine groups is 1. The van der Waals surface area contributed by atoms with Gasteiger partial charge in [0.05, 0.1) is 5.69 Å². The van der Waals surface area contributed by atoms with Crippen LogP contribution in [0.2, 0.25) is 0 Å². The summed E-state index contributed by atoms with van der Waals surface area (Å²) in [4.78, 5) is 20.4. The minimum absolute atomic E-state index is 0.0195. The van der Waals surface area contributed by atoms with E-state index >= 15 is 0 Å². The first-order chi connectivity index (χ1) is 16.9. The Morgan fingerprint density at radius 3 is 2.69 bits per heavy atom. The minimum Gasteiger partial charge on any atom is -0.474 e. The Bertz CT molecular complexity index is 1020. The first-order valence-corrected chi connectivity index (χ1v) is 12.8. The van der Waals surface area contributed by atoms with Crippen molar-refractivity contribution in [2.45, 2.75) is 50.7 Å². The molecular weight excluding hydrogens is 438 g/mol. The van der Waals surface area contributed by atoms with Crippen molar-refractivity contribution in [3.63, 3.8) is 0 Å². The molecule has 188 valence electrons. The molecule has 4 rings (SSSR count). The Kier molecular flexibility index (Phi) is 8.42. The van der Waals surface area contributed by atoms with Crippen LogP contribution in [0.3, 0.4) is 0 Å². The fraction of sp³-hybridized carbons (Fsp3) is 0.500. The number of nitrogens with two attached hydrogens (primary N) is 1. The van der Waals surface area contributed by atoms with E-state index in [9.17, 15) is 4.79 Å². The largest absolute Gasteiger partial charge is 0.474 e. The molecule has 7 heteroatoms. The van der Waals surface area contributed by atoms with Gasteiger partial charge in [0.25, 0.3) is 5.91 Å². The molecule has 7 nitrogen and oxygen atoms in total. The van der Waals surface area contributed by atoms with Crippen LogP contribution in [0.4, 0.5) is 5.69 Å². The van der Waals surface area contributed by atoms with Crippen LogP contribution in [-0.4, -0.2) is 67.9 Å². The molecule has 1 saturated heterocycles. The quantitative estimate of drug-likeness (QED) is 0.307. The van der Waals surface area contributed by atoms with Crippen LogP contribution in [0.15, 0.2) is 48.5 Å². The van der Waals surface area contributed by atoms with Crippen LogP contribution >= 0.6 is 0 Å². The first kappa shape index (κ1) is 25.2. The van der Waals surface area contributed by atoms with Crippen LogP contribution in [0.25, 0.3) is 0 Å². The maximum absolute atomic E-state index is 13.5. The molecule has 2 unspecified atom stereocenters. The summed E-state index contributed by atoms with van der Waals surface area (Å²) in [5.41, 5.74) is 7.82. The summed E-state index contributed by atoms with van der Waals surface area (Å²) in [6.45, 7) is 4.13. The van der Waals surface area contributed by atoms with Crippen LogP contribution in [0, 0.1) is 5.41 Å². The van der Waals surface area contributed by atoms with Gasteiger partial charge in [-0.25, -0.2) is 0 Å². The van der Waals surface area contributed by atoms with E-state index in [2.05, 4.69) is 23.9 Å². The summed E-state index contributed by atoms with van der Waals surface area (Å²) in [5, 5.41) is 7.74. The summed E-state index contributed by atoms with van der Waals surface area (Å²) >= 11 is 0. The topological polar surface area (TPSA) is 85.9 Å². The van der Waals surface area contributed by atoms with Gasteiger partial charge in [-0.1, -0.05) is 43.2 Å². The van der Waals surface area contributed by atoms with Gasteiger partial charge in [0.15, 0.2) is 0 Å². The van der Waals surface area contributed by atoms with Gasteiger partial charge in [0.1, 0.15) is 11.6 Å². The highest BCUT2D eigenvalue weighted by molar-refractivity contribution is 6.01. The number of amides is 1. The molecule has 35 heavy (non-hydrogen) atoms. The Morgan fingerprint density at radius 2 is 1.89 bits per heavy atom. The molecule has 0 radical (unpaired) electrons. The molecule has 2 heterocycles. The summed E-state index contributed by atoms with van der Waals surface area (Å²) < 4.78 is 6.13. The van der Waals surface area contributed by atoms with Crippen molar-refractivity contribution < 1.29 is 9.53 Å². The number of nitrogens with zero attached hydrogens (tertiary/aromatic N) is 3. The van der Waals surface area contributed by atoms with Gasteiger partial charge in [0.2, 0.25) is 6.10 Å². The van der Waals surface area contributed by atoms with E-state index in [-0.39, 0.29) is 11.7 Å². The molecule has 2 aromatic rings. The third-order valence-corrected chi connectivity index (χ3v) is 7.04. The average molecular weight is 478 g/mol. The highest BCUT2D eigenvalue weighted by Crippen LogP contribution is 2.39. The predicted octanol–water partition coefficient (Wildman–Crippen LogP) is 4.02. The normalized spacial score (nSPS) is 20.5. The van der Waals surface area contributed by atoms with Crippen molar-refractivity contribution in [1.82, 2.24) is 9.80 Å². The van der Waals surface area contributed by atoms with Crippen molar-refractivity contribution >= 4 is 17.4 Å². The monoisotopic (exact) mass is 477 g/mol. The number of benzene rings is 2. The lowest BCUT2D eigenvalue weighted by Gasteiger charge is -2.37. The molecule has 3 N–H and O–H groups in total. The molecule has 0 saturated carbocycles.